The highest BCUT2D eigenvalue weighted by atomic mass is 16.6. The summed E-state index contributed by atoms with van der Waals surface area (Å²) < 4.78 is 4.32. The summed E-state index contributed by atoms with van der Waals surface area (Å²) in [5, 5.41) is 0. The van der Waals surface area contributed by atoms with Gasteiger partial charge in [-0.2, -0.15) is 0 Å². The third-order valence-corrected chi connectivity index (χ3v) is 2.65. The van der Waals surface area contributed by atoms with Crippen LogP contribution in [0.15, 0.2) is 12.2 Å². The van der Waals surface area contributed by atoms with Crippen molar-refractivity contribution in [2.45, 2.75) is 39.5 Å². The van der Waals surface area contributed by atoms with Gasteiger partial charge in [0, 0.05) is 0 Å². The summed E-state index contributed by atoms with van der Waals surface area (Å²) in [5.74, 6) is -1.91. The number of ketones is 1. The van der Waals surface area contributed by atoms with Gasteiger partial charge in [-0.05, 0) is 24.8 Å². The number of hydrogen-bond acceptors (Lipinski definition) is 4. The van der Waals surface area contributed by atoms with Crippen molar-refractivity contribution < 1.29 is 19.1 Å². The summed E-state index contributed by atoms with van der Waals surface area (Å²) in [4.78, 5) is 33.5. The summed E-state index contributed by atoms with van der Waals surface area (Å²) >= 11 is 0. The number of carbonyl (C=O) groups is 3. The van der Waals surface area contributed by atoms with Crippen LogP contribution in [0.3, 0.4) is 0 Å². The van der Waals surface area contributed by atoms with Crippen LogP contribution in [0.1, 0.15) is 39.5 Å². The Kier molecular flexibility index (Phi) is 5.07. The summed E-state index contributed by atoms with van der Waals surface area (Å²) in [7, 11) is 0. The summed E-state index contributed by atoms with van der Waals surface area (Å²) in [5.41, 5.74) is 0. The maximum atomic E-state index is 11.6. The predicted molar refractivity (Wildman–Crippen MR) is 62.0 cm³/mol. The van der Waals surface area contributed by atoms with Gasteiger partial charge >= 0.3 is 11.9 Å². The Balaban J connectivity index is 2.31. The van der Waals surface area contributed by atoms with Crippen molar-refractivity contribution in [2.75, 3.05) is 0 Å². The molecule has 0 bridgehead atoms. The predicted octanol–water partition coefficient (Wildman–Crippen LogP) is 2.03. The fourth-order valence-corrected chi connectivity index (χ4v) is 1.65. The molecule has 0 aromatic heterocycles. The molecule has 0 spiro atoms. The first kappa shape index (κ1) is 13.6. The van der Waals surface area contributed by atoms with E-state index in [-0.39, 0.29) is 12.2 Å². The van der Waals surface area contributed by atoms with E-state index >= 15 is 0 Å². The minimum absolute atomic E-state index is 0.117. The highest BCUT2D eigenvalue weighted by Crippen LogP contribution is 2.17. The van der Waals surface area contributed by atoms with Crippen molar-refractivity contribution in [3.8, 4) is 0 Å². The lowest BCUT2D eigenvalue weighted by Crippen LogP contribution is -2.16. The first-order chi connectivity index (χ1) is 8.00. The van der Waals surface area contributed by atoms with Crippen LogP contribution in [-0.4, -0.2) is 17.7 Å². The molecule has 0 N–H and O–H groups in total. The van der Waals surface area contributed by atoms with Gasteiger partial charge in [0.05, 0.1) is 6.42 Å². The van der Waals surface area contributed by atoms with Crippen molar-refractivity contribution >= 4 is 17.7 Å². The highest BCUT2D eigenvalue weighted by molar-refractivity contribution is 6.12. The summed E-state index contributed by atoms with van der Waals surface area (Å²) in [6.45, 7) is 4.30. The van der Waals surface area contributed by atoms with E-state index in [1.807, 2.05) is 0 Å². The first-order valence-corrected chi connectivity index (χ1v) is 5.95. The summed E-state index contributed by atoms with van der Waals surface area (Å²) in [6.07, 6.45) is 6.00. The van der Waals surface area contributed by atoms with Gasteiger partial charge in [-0.1, -0.05) is 26.3 Å². The number of ether oxygens (including phenoxy) is 1. The number of cyclic esters (lactones) is 2. The molecule has 4 nitrogen and oxygen atoms in total. The fraction of sp³-hybridized carbons (Fsp3) is 0.615. The Morgan fingerprint density at radius 1 is 1.47 bits per heavy atom. The topological polar surface area (TPSA) is 60.4 Å². The molecule has 1 aliphatic rings. The number of allylic oxidation sites excluding steroid dienone is 2. The molecule has 1 unspecified atom stereocenters. The zero-order chi connectivity index (χ0) is 12.8. The molecule has 1 atom stereocenters. The molecule has 0 aromatic rings. The molecular weight excluding hydrogens is 220 g/mol. The maximum Gasteiger partial charge on any atom is 0.325 e. The molecule has 1 fully saturated rings. The molecule has 0 amide bonds. The third-order valence-electron chi connectivity index (χ3n) is 2.65. The van der Waals surface area contributed by atoms with Crippen LogP contribution in [0, 0.1) is 11.8 Å². The van der Waals surface area contributed by atoms with Gasteiger partial charge in [0.2, 0.25) is 0 Å². The van der Waals surface area contributed by atoms with E-state index in [2.05, 4.69) is 18.6 Å². The van der Waals surface area contributed by atoms with Crippen LogP contribution in [-0.2, 0) is 19.1 Å². The first-order valence-electron chi connectivity index (χ1n) is 5.95. The second-order valence-electron chi connectivity index (χ2n) is 4.68. The van der Waals surface area contributed by atoms with E-state index in [1.165, 1.54) is 6.08 Å². The maximum absolute atomic E-state index is 11.6. The lowest BCUT2D eigenvalue weighted by molar-refractivity contribution is -0.153. The van der Waals surface area contributed by atoms with E-state index in [1.54, 1.807) is 6.08 Å². The zero-order valence-electron chi connectivity index (χ0n) is 10.3. The van der Waals surface area contributed by atoms with Crippen molar-refractivity contribution in [2.24, 2.45) is 11.8 Å². The van der Waals surface area contributed by atoms with E-state index in [9.17, 15) is 14.4 Å². The second-order valence-corrected chi connectivity index (χ2v) is 4.68. The van der Waals surface area contributed by atoms with Crippen LogP contribution >= 0.6 is 0 Å². The Morgan fingerprint density at radius 3 is 2.71 bits per heavy atom. The van der Waals surface area contributed by atoms with E-state index in [0.717, 1.165) is 19.3 Å². The Labute approximate surface area is 101 Å². The molecule has 0 aromatic carbocycles. The molecule has 1 heterocycles. The minimum Gasteiger partial charge on any atom is -0.393 e. The van der Waals surface area contributed by atoms with Crippen LogP contribution in [0.5, 0.6) is 0 Å². The quantitative estimate of drug-likeness (QED) is 0.307. The number of rotatable bonds is 6. The largest absolute Gasteiger partial charge is 0.393 e. The van der Waals surface area contributed by atoms with Crippen LogP contribution in [0.2, 0.25) is 0 Å². The molecule has 17 heavy (non-hydrogen) atoms. The van der Waals surface area contributed by atoms with Gasteiger partial charge in [-0.25, -0.2) is 0 Å². The van der Waals surface area contributed by atoms with E-state index in [4.69, 9.17) is 0 Å². The van der Waals surface area contributed by atoms with Gasteiger partial charge in [-0.3, -0.25) is 14.4 Å². The zero-order valence-corrected chi connectivity index (χ0v) is 10.3. The highest BCUT2D eigenvalue weighted by Gasteiger charge is 2.37. The van der Waals surface area contributed by atoms with Crippen molar-refractivity contribution in [1.29, 1.82) is 0 Å². The molecular formula is C13H18O4. The number of unbranched alkanes of at least 4 members (excludes halogenated alkanes) is 1. The normalized spacial score (nSPS) is 20.3. The number of carbonyl (C=O) groups excluding carboxylic acids is 3. The molecule has 1 saturated heterocycles. The molecule has 4 heteroatoms. The second kappa shape index (κ2) is 6.33. The Morgan fingerprint density at radius 2 is 2.18 bits per heavy atom. The van der Waals surface area contributed by atoms with Crippen LogP contribution in [0.25, 0.3) is 0 Å². The van der Waals surface area contributed by atoms with Gasteiger partial charge in [0.1, 0.15) is 5.92 Å². The lowest BCUT2D eigenvalue weighted by atomic mass is 10.0. The van der Waals surface area contributed by atoms with Crippen molar-refractivity contribution in [3.05, 3.63) is 12.2 Å². The molecule has 0 aliphatic carbocycles. The van der Waals surface area contributed by atoms with Gasteiger partial charge in [0.25, 0.3) is 0 Å². The fourth-order valence-electron chi connectivity index (χ4n) is 1.65. The smallest absolute Gasteiger partial charge is 0.325 e. The molecule has 0 saturated carbocycles. The molecule has 94 valence electrons. The van der Waals surface area contributed by atoms with Crippen LogP contribution in [0.4, 0.5) is 0 Å². The Bertz CT molecular complexity index is 341. The molecule has 1 rings (SSSR count). The monoisotopic (exact) mass is 238 g/mol. The number of esters is 2. The average Bonchev–Trinajstić information content (AvgIpc) is 2.56. The van der Waals surface area contributed by atoms with Gasteiger partial charge < -0.3 is 4.74 Å². The van der Waals surface area contributed by atoms with Crippen molar-refractivity contribution in [3.63, 3.8) is 0 Å². The Hall–Kier alpha value is -1.45. The van der Waals surface area contributed by atoms with E-state index in [0.29, 0.717) is 5.92 Å². The molecule has 1 aliphatic heterocycles. The minimum atomic E-state index is -0.913. The third kappa shape index (κ3) is 4.51. The average molecular weight is 238 g/mol. The van der Waals surface area contributed by atoms with Gasteiger partial charge in [-0.15, -0.1) is 0 Å². The van der Waals surface area contributed by atoms with Crippen molar-refractivity contribution in [1.82, 2.24) is 0 Å². The van der Waals surface area contributed by atoms with Crippen LogP contribution < -0.4 is 0 Å². The van der Waals surface area contributed by atoms with E-state index < -0.39 is 17.9 Å². The SMILES string of the molecule is CC(C)CCCC=CC(=O)C1CC(=O)OC1=O. The van der Waals surface area contributed by atoms with Gasteiger partial charge in [0.15, 0.2) is 5.78 Å². The standard InChI is InChI=1S/C13H18O4/c1-9(2)6-4-3-5-7-11(14)10-8-12(15)17-13(10)16/h5,7,9-10H,3-4,6,8H2,1-2H3. The summed E-state index contributed by atoms with van der Waals surface area (Å²) in [6, 6.07) is 0. The number of hydrogen-bond donors (Lipinski definition) is 0. The lowest BCUT2D eigenvalue weighted by Gasteiger charge is -2.01. The molecule has 0 radical (unpaired) electrons.